The summed E-state index contributed by atoms with van der Waals surface area (Å²) in [5, 5.41) is 0.170. The van der Waals surface area contributed by atoms with E-state index < -0.39 is 0 Å². The average molecular weight is 244 g/mol. The van der Waals surface area contributed by atoms with Crippen molar-refractivity contribution in [3.05, 3.63) is 34.6 Å². The first-order chi connectivity index (χ1) is 7.30. The zero-order valence-electron chi connectivity index (χ0n) is 10.1. The van der Waals surface area contributed by atoms with Crippen LogP contribution in [-0.2, 0) is 6.42 Å². The molecule has 0 amide bonds. The van der Waals surface area contributed by atoms with Crippen molar-refractivity contribution < 1.29 is 4.39 Å². The number of rotatable bonds is 3. The fraction of sp³-hybridized carbons (Fsp3) is 0.538. The highest BCUT2D eigenvalue weighted by atomic mass is 35.5. The summed E-state index contributed by atoms with van der Waals surface area (Å²) in [6.07, 6.45) is 1.64. The summed E-state index contributed by atoms with van der Waals surface area (Å²) in [6.45, 7) is 6.33. The summed E-state index contributed by atoms with van der Waals surface area (Å²) in [4.78, 5) is 0. The van der Waals surface area contributed by atoms with Gasteiger partial charge < -0.3 is 5.73 Å². The second-order valence-corrected chi connectivity index (χ2v) is 5.67. The molecule has 1 rings (SSSR count). The highest BCUT2D eigenvalue weighted by Crippen LogP contribution is 2.22. The van der Waals surface area contributed by atoms with Gasteiger partial charge in [0.25, 0.3) is 0 Å². The van der Waals surface area contributed by atoms with Crippen LogP contribution < -0.4 is 5.73 Å². The van der Waals surface area contributed by atoms with Gasteiger partial charge in [-0.25, -0.2) is 4.39 Å². The lowest BCUT2D eigenvalue weighted by atomic mass is 9.84. The molecule has 0 heterocycles. The minimum atomic E-state index is -0.358. The molecular weight excluding hydrogens is 225 g/mol. The lowest BCUT2D eigenvalue weighted by Crippen LogP contribution is -2.35. The van der Waals surface area contributed by atoms with E-state index in [0.29, 0.717) is 0 Å². The van der Waals surface area contributed by atoms with Crippen LogP contribution >= 0.6 is 11.6 Å². The zero-order chi connectivity index (χ0) is 12.3. The van der Waals surface area contributed by atoms with Gasteiger partial charge in [0.15, 0.2) is 0 Å². The smallest absolute Gasteiger partial charge is 0.142 e. The highest BCUT2D eigenvalue weighted by Gasteiger charge is 2.20. The van der Waals surface area contributed by atoms with Crippen LogP contribution in [0.2, 0.25) is 5.02 Å². The van der Waals surface area contributed by atoms with Crippen molar-refractivity contribution in [2.45, 2.75) is 39.7 Å². The topological polar surface area (TPSA) is 26.0 Å². The van der Waals surface area contributed by atoms with Gasteiger partial charge in [0, 0.05) is 6.04 Å². The van der Waals surface area contributed by atoms with E-state index in [9.17, 15) is 4.39 Å². The number of benzene rings is 1. The molecule has 1 aromatic carbocycles. The Hall–Kier alpha value is -0.600. The van der Waals surface area contributed by atoms with E-state index in [2.05, 4.69) is 20.8 Å². The molecule has 1 aromatic rings. The van der Waals surface area contributed by atoms with Crippen molar-refractivity contribution in [2.24, 2.45) is 11.1 Å². The first-order valence-electron chi connectivity index (χ1n) is 5.50. The van der Waals surface area contributed by atoms with Gasteiger partial charge in [-0.1, -0.05) is 38.4 Å². The zero-order valence-corrected chi connectivity index (χ0v) is 10.8. The molecular formula is C13H19ClFN. The lowest BCUT2D eigenvalue weighted by Gasteiger charge is -2.27. The maximum absolute atomic E-state index is 13.2. The van der Waals surface area contributed by atoms with Crippen molar-refractivity contribution in [1.29, 1.82) is 0 Å². The Kier molecular flexibility index (Phi) is 4.34. The van der Waals surface area contributed by atoms with Crippen molar-refractivity contribution in [2.75, 3.05) is 0 Å². The molecule has 16 heavy (non-hydrogen) atoms. The van der Waals surface area contributed by atoms with Gasteiger partial charge in [-0.05, 0) is 36.0 Å². The first-order valence-corrected chi connectivity index (χ1v) is 5.88. The van der Waals surface area contributed by atoms with Crippen molar-refractivity contribution in [3.8, 4) is 0 Å². The fourth-order valence-corrected chi connectivity index (χ4v) is 1.57. The minimum Gasteiger partial charge on any atom is -0.327 e. The quantitative estimate of drug-likeness (QED) is 0.859. The molecule has 2 N–H and O–H groups in total. The third kappa shape index (κ3) is 3.76. The lowest BCUT2D eigenvalue weighted by molar-refractivity contribution is 0.306. The second kappa shape index (κ2) is 5.15. The molecule has 0 aliphatic rings. The van der Waals surface area contributed by atoms with E-state index in [-0.39, 0.29) is 22.3 Å². The number of aryl methyl sites for hydroxylation is 1. The average Bonchev–Trinajstić information content (AvgIpc) is 2.18. The molecule has 0 spiro atoms. The van der Waals surface area contributed by atoms with Gasteiger partial charge in [-0.3, -0.25) is 0 Å². The van der Waals surface area contributed by atoms with Crippen molar-refractivity contribution >= 4 is 11.6 Å². The summed E-state index contributed by atoms with van der Waals surface area (Å²) < 4.78 is 13.2. The molecule has 1 nitrogen and oxygen atoms in total. The highest BCUT2D eigenvalue weighted by molar-refractivity contribution is 6.30. The van der Waals surface area contributed by atoms with E-state index in [1.165, 1.54) is 6.07 Å². The normalized spacial score (nSPS) is 13.9. The van der Waals surface area contributed by atoms with E-state index in [1.807, 2.05) is 6.07 Å². The van der Waals surface area contributed by atoms with Crippen LogP contribution in [0.1, 0.15) is 32.8 Å². The summed E-state index contributed by atoms with van der Waals surface area (Å²) in [7, 11) is 0. The van der Waals surface area contributed by atoms with Gasteiger partial charge in [-0.15, -0.1) is 0 Å². The van der Waals surface area contributed by atoms with Crippen LogP contribution in [0.25, 0.3) is 0 Å². The van der Waals surface area contributed by atoms with Gasteiger partial charge in [0.2, 0.25) is 0 Å². The third-order valence-corrected chi connectivity index (χ3v) is 3.15. The molecule has 0 radical (unpaired) electrons. The Morgan fingerprint density at radius 3 is 2.50 bits per heavy atom. The number of nitrogens with two attached hydrogens (primary N) is 1. The van der Waals surface area contributed by atoms with E-state index in [4.69, 9.17) is 17.3 Å². The molecule has 0 aliphatic heterocycles. The fourth-order valence-electron chi connectivity index (χ4n) is 1.45. The van der Waals surface area contributed by atoms with Crippen LogP contribution in [-0.4, -0.2) is 6.04 Å². The Balaban J connectivity index is 2.58. The maximum atomic E-state index is 13.2. The van der Waals surface area contributed by atoms with Crippen molar-refractivity contribution in [1.82, 2.24) is 0 Å². The van der Waals surface area contributed by atoms with Gasteiger partial charge in [0.05, 0.1) is 5.02 Å². The molecule has 1 unspecified atom stereocenters. The van der Waals surface area contributed by atoms with E-state index in [1.54, 1.807) is 6.07 Å². The number of halogens is 2. The van der Waals surface area contributed by atoms with Crippen LogP contribution in [0.3, 0.4) is 0 Å². The van der Waals surface area contributed by atoms with Gasteiger partial charge >= 0.3 is 0 Å². The van der Waals surface area contributed by atoms with Crippen LogP contribution in [0.15, 0.2) is 18.2 Å². The summed E-state index contributed by atoms with van der Waals surface area (Å²) >= 11 is 5.62. The largest absolute Gasteiger partial charge is 0.327 e. The molecule has 3 heteroatoms. The Morgan fingerprint density at radius 1 is 1.38 bits per heavy atom. The maximum Gasteiger partial charge on any atom is 0.142 e. The SMILES string of the molecule is CC(C)(C)C(N)CCc1ccc(Cl)c(F)c1. The van der Waals surface area contributed by atoms with E-state index >= 15 is 0 Å². The minimum absolute atomic E-state index is 0.0883. The van der Waals surface area contributed by atoms with Crippen LogP contribution in [0.5, 0.6) is 0 Å². The third-order valence-electron chi connectivity index (χ3n) is 2.84. The first kappa shape index (κ1) is 13.5. The predicted molar refractivity (Wildman–Crippen MR) is 67.2 cm³/mol. The van der Waals surface area contributed by atoms with Crippen LogP contribution in [0, 0.1) is 11.2 Å². The monoisotopic (exact) mass is 243 g/mol. The molecule has 0 aliphatic carbocycles. The summed E-state index contributed by atoms with van der Waals surface area (Å²) in [5.74, 6) is -0.358. The Morgan fingerprint density at radius 2 is 2.00 bits per heavy atom. The molecule has 0 saturated carbocycles. The summed E-state index contributed by atoms with van der Waals surface area (Å²) in [6, 6.07) is 5.04. The molecule has 0 saturated heterocycles. The van der Waals surface area contributed by atoms with Gasteiger partial charge in [-0.2, -0.15) is 0 Å². The molecule has 0 aromatic heterocycles. The number of hydrogen-bond acceptors (Lipinski definition) is 1. The Labute approximate surface area is 102 Å². The summed E-state index contributed by atoms with van der Waals surface area (Å²) in [5.41, 5.74) is 7.08. The van der Waals surface area contributed by atoms with Gasteiger partial charge in [0.1, 0.15) is 5.82 Å². The Bertz CT molecular complexity index is 357. The predicted octanol–water partition coefficient (Wildman–Crippen LogP) is 3.79. The molecule has 0 fully saturated rings. The second-order valence-electron chi connectivity index (χ2n) is 5.26. The molecule has 90 valence electrons. The van der Waals surface area contributed by atoms with Crippen molar-refractivity contribution in [3.63, 3.8) is 0 Å². The van der Waals surface area contributed by atoms with Crippen LogP contribution in [0.4, 0.5) is 4.39 Å². The molecule has 0 bridgehead atoms. The molecule has 1 atom stereocenters. The van der Waals surface area contributed by atoms with E-state index in [0.717, 1.165) is 18.4 Å². The number of hydrogen-bond donors (Lipinski definition) is 1. The standard InChI is InChI=1S/C13H19ClFN/c1-13(2,3)12(16)7-5-9-4-6-10(14)11(15)8-9/h4,6,8,12H,5,7,16H2,1-3H3.